The number of hydrogen-bond donors (Lipinski definition) is 3. The molecule has 0 spiro atoms. The molecule has 2 aromatic rings. The highest BCUT2D eigenvalue weighted by Crippen LogP contribution is 2.48. The maximum atomic E-state index is 12.2. The number of rotatable bonds is 6. The lowest BCUT2D eigenvalue weighted by Gasteiger charge is -2.14. The first kappa shape index (κ1) is 13.9. The summed E-state index contributed by atoms with van der Waals surface area (Å²) >= 11 is 0. The molecule has 1 aromatic heterocycles. The number of carbonyl (C=O) groups excluding carboxylic acids is 1. The van der Waals surface area contributed by atoms with Crippen molar-refractivity contribution < 1.29 is 9.53 Å². The summed E-state index contributed by atoms with van der Waals surface area (Å²) in [6.07, 6.45) is 3.34. The number of ether oxygens (including phenoxy) is 1. The smallest absolute Gasteiger partial charge is 0.267 e. The van der Waals surface area contributed by atoms with E-state index in [1.807, 2.05) is 24.3 Å². The van der Waals surface area contributed by atoms with Crippen LogP contribution in [0.5, 0.6) is 0 Å². The van der Waals surface area contributed by atoms with Gasteiger partial charge < -0.3 is 20.8 Å². The number of anilines is 1. The summed E-state index contributed by atoms with van der Waals surface area (Å²) in [7, 11) is 1.71. The molecule has 0 aliphatic heterocycles. The molecule has 0 unspecified atom stereocenters. The van der Waals surface area contributed by atoms with Crippen LogP contribution in [0, 0.1) is 5.41 Å². The molecule has 1 aliphatic rings. The molecule has 1 fully saturated rings. The third kappa shape index (κ3) is 3.03. The molecule has 1 heterocycles. The number of benzene rings is 1. The average Bonchev–Trinajstić information content (AvgIpc) is 3.13. The minimum Gasteiger partial charge on any atom is -0.399 e. The van der Waals surface area contributed by atoms with E-state index in [4.69, 9.17) is 10.5 Å². The average molecular weight is 287 g/mol. The SMILES string of the molecule is COCCC1(CNC(=O)c2cc3cc(N)ccc3[nH]2)CC1. The number of amides is 1. The van der Waals surface area contributed by atoms with Gasteiger partial charge in [-0.1, -0.05) is 0 Å². The van der Waals surface area contributed by atoms with Crippen LogP contribution in [0.15, 0.2) is 24.3 Å². The first-order valence-corrected chi connectivity index (χ1v) is 7.27. The molecule has 1 aromatic carbocycles. The Balaban J connectivity index is 1.64. The quantitative estimate of drug-likeness (QED) is 0.713. The van der Waals surface area contributed by atoms with Crippen LogP contribution in [-0.2, 0) is 4.74 Å². The van der Waals surface area contributed by atoms with Crippen LogP contribution in [0.2, 0.25) is 0 Å². The van der Waals surface area contributed by atoms with Gasteiger partial charge in [0.15, 0.2) is 0 Å². The Morgan fingerprint density at radius 2 is 2.24 bits per heavy atom. The number of aromatic nitrogens is 1. The van der Waals surface area contributed by atoms with Gasteiger partial charge in [0.2, 0.25) is 0 Å². The molecule has 1 aliphatic carbocycles. The second-order valence-corrected chi connectivity index (χ2v) is 5.96. The number of methoxy groups -OCH3 is 1. The second kappa shape index (κ2) is 5.41. The van der Waals surface area contributed by atoms with Crippen molar-refractivity contribution in [3.63, 3.8) is 0 Å². The number of fused-ring (bicyclic) bond motifs is 1. The molecule has 5 nitrogen and oxygen atoms in total. The van der Waals surface area contributed by atoms with Crippen LogP contribution in [0.25, 0.3) is 10.9 Å². The topological polar surface area (TPSA) is 80.1 Å². The van der Waals surface area contributed by atoms with E-state index < -0.39 is 0 Å². The zero-order valence-corrected chi connectivity index (χ0v) is 12.2. The molecule has 1 saturated carbocycles. The zero-order valence-electron chi connectivity index (χ0n) is 12.2. The molecule has 4 N–H and O–H groups in total. The normalized spacial score (nSPS) is 16.0. The number of aromatic amines is 1. The molecular weight excluding hydrogens is 266 g/mol. The fourth-order valence-corrected chi connectivity index (χ4v) is 2.65. The molecule has 3 rings (SSSR count). The van der Waals surface area contributed by atoms with Crippen LogP contribution in [0.1, 0.15) is 29.8 Å². The van der Waals surface area contributed by atoms with E-state index in [1.165, 1.54) is 12.8 Å². The third-order valence-electron chi connectivity index (χ3n) is 4.31. The maximum absolute atomic E-state index is 12.2. The zero-order chi connectivity index (χ0) is 14.9. The summed E-state index contributed by atoms with van der Waals surface area (Å²) in [5.41, 5.74) is 8.21. The molecule has 0 radical (unpaired) electrons. The fourth-order valence-electron chi connectivity index (χ4n) is 2.65. The summed E-state index contributed by atoms with van der Waals surface area (Å²) in [4.78, 5) is 15.4. The minimum atomic E-state index is -0.0616. The molecule has 1 amide bonds. The van der Waals surface area contributed by atoms with Crippen molar-refractivity contribution in [3.05, 3.63) is 30.0 Å². The Bertz CT molecular complexity index is 659. The van der Waals surface area contributed by atoms with Gasteiger partial charge in [-0.15, -0.1) is 0 Å². The van der Waals surface area contributed by atoms with E-state index in [0.717, 1.165) is 23.9 Å². The fraction of sp³-hybridized carbons (Fsp3) is 0.438. The van der Waals surface area contributed by atoms with Crippen molar-refractivity contribution in [1.82, 2.24) is 10.3 Å². The van der Waals surface area contributed by atoms with E-state index in [-0.39, 0.29) is 11.3 Å². The largest absolute Gasteiger partial charge is 0.399 e. The summed E-state index contributed by atoms with van der Waals surface area (Å²) < 4.78 is 5.13. The van der Waals surface area contributed by atoms with Crippen LogP contribution in [0.4, 0.5) is 5.69 Å². The number of nitrogen functional groups attached to an aromatic ring is 1. The highest BCUT2D eigenvalue weighted by Gasteiger charge is 2.42. The number of carbonyl (C=O) groups is 1. The number of nitrogens with two attached hydrogens (primary N) is 1. The monoisotopic (exact) mass is 287 g/mol. The Hall–Kier alpha value is -2.01. The minimum absolute atomic E-state index is 0.0616. The number of hydrogen-bond acceptors (Lipinski definition) is 3. The van der Waals surface area contributed by atoms with E-state index in [2.05, 4.69) is 10.3 Å². The van der Waals surface area contributed by atoms with Crippen molar-refractivity contribution in [1.29, 1.82) is 0 Å². The first-order chi connectivity index (χ1) is 10.1. The van der Waals surface area contributed by atoms with Crippen molar-refractivity contribution >= 4 is 22.5 Å². The molecule has 0 saturated heterocycles. The van der Waals surface area contributed by atoms with E-state index in [0.29, 0.717) is 17.9 Å². The van der Waals surface area contributed by atoms with Crippen molar-refractivity contribution in [2.24, 2.45) is 5.41 Å². The van der Waals surface area contributed by atoms with Crippen LogP contribution in [0.3, 0.4) is 0 Å². The molecule has 5 heteroatoms. The molecular formula is C16H21N3O2. The van der Waals surface area contributed by atoms with Crippen LogP contribution < -0.4 is 11.1 Å². The Morgan fingerprint density at radius 3 is 2.95 bits per heavy atom. The molecule has 0 atom stereocenters. The van der Waals surface area contributed by atoms with E-state index in [9.17, 15) is 4.79 Å². The van der Waals surface area contributed by atoms with E-state index >= 15 is 0 Å². The lowest BCUT2D eigenvalue weighted by Crippen LogP contribution is -2.31. The van der Waals surface area contributed by atoms with Gasteiger partial charge in [0, 0.05) is 36.9 Å². The van der Waals surface area contributed by atoms with Gasteiger partial charge in [0.25, 0.3) is 5.91 Å². The summed E-state index contributed by atoms with van der Waals surface area (Å²) in [5.74, 6) is -0.0616. The van der Waals surface area contributed by atoms with Gasteiger partial charge in [-0.25, -0.2) is 0 Å². The standard InChI is InChI=1S/C16H21N3O2/c1-21-7-6-16(4-5-16)10-18-15(20)14-9-11-8-12(17)2-3-13(11)19-14/h2-3,8-9,19H,4-7,10,17H2,1H3,(H,18,20). The summed E-state index contributed by atoms with van der Waals surface area (Å²) in [5, 5.41) is 3.99. The highest BCUT2D eigenvalue weighted by molar-refractivity contribution is 5.98. The summed E-state index contributed by atoms with van der Waals surface area (Å²) in [6.45, 7) is 1.47. The van der Waals surface area contributed by atoms with Gasteiger partial charge in [0.05, 0.1) is 0 Å². The second-order valence-electron chi connectivity index (χ2n) is 5.96. The predicted octanol–water partition coefficient (Wildman–Crippen LogP) is 2.30. The van der Waals surface area contributed by atoms with Crippen molar-refractivity contribution in [3.8, 4) is 0 Å². The van der Waals surface area contributed by atoms with Gasteiger partial charge in [-0.3, -0.25) is 4.79 Å². The highest BCUT2D eigenvalue weighted by atomic mass is 16.5. The van der Waals surface area contributed by atoms with Crippen LogP contribution >= 0.6 is 0 Å². The lowest BCUT2D eigenvalue weighted by atomic mass is 10.0. The Labute approximate surface area is 123 Å². The van der Waals surface area contributed by atoms with Crippen molar-refractivity contribution in [2.45, 2.75) is 19.3 Å². The molecule has 0 bridgehead atoms. The van der Waals surface area contributed by atoms with Gasteiger partial charge >= 0.3 is 0 Å². The lowest BCUT2D eigenvalue weighted by molar-refractivity contribution is 0.0934. The molecule has 112 valence electrons. The summed E-state index contributed by atoms with van der Waals surface area (Å²) in [6, 6.07) is 7.42. The van der Waals surface area contributed by atoms with Gasteiger partial charge in [-0.2, -0.15) is 0 Å². The number of nitrogens with one attached hydrogen (secondary N) is 2. The van der Waals surface area contributed by atoms with E-state index in [1.54, 1.807) is 7.11 Å². The first-order valence-electron chi connectivity index (χ1n) is 7.27. The van der Waals surface area contributed by atoms with Crippen LogP contribution in [-0.4, -0.2) is 31.2 Å². The van der Waals surface area contributed by atoms with Gasteiger partial charge in [0.1, 0.15) is 5.69 Å². The molecule has 21 heavy (non-hydrogen) atoms. The van der Waals surface area contributed by atoms with Crippen molar-refractivity contribution in [2.75, 3.05) is 26.0 Å². The third-order valence-corrected chi connectivity index (χ3v) is 4.31. The predicted molar refractivity (Wildman–Crippen MR) is 83.2 cm³/mol. The Kier molecular flexibility index (Phi) is 3.59. The number of H-pyrrole nitrogens is 1. The van der Waals surface area contributed by atoms with Gasteiger partial charge in [-0.05, 0) is 48.9 Å². The Morgan fingerprint density at radius 1 is 1.43 bits per heavy atom. The maximum Gasteiger partial charge on any atom is 0.267 e.